The van der Waals surface area contributed by atoms with Gasteiger partial charge in [-0.2, -0.15) is 0 Å². The molecule has 0 aromatic heterocycles. The van der Waals surface area contributed by atoms with E-state index in [0.29, 0.717) is 0 Å². The Labute approximate surface area is 103 Å². The summed E-state index contributed by atoms with van der Waals surface area (Å²) in [7, 11) is 3.84. The van der Waals surface area contributed by atoms with Crippen LogP contribution in [0.15, 0.2) is 24.3 Å². The average molecular weight is 232 g/mol. The van der Waals surface area contributed by atoms with Crippen molar-refractivity contribution in [1.29, 1.82) is 0 Å². The lowest BCUT2D eigenvalue weighted by molar-refractivity contribution is -0.0270. The van der Waals surface area contributed by atoms with Gasteiger partial charge < -0.3 is 0 Å². The smallest absolute Gasteiger partial charge is 0.268 e. The SMILES string of the molecule is CN(C)N1C(=O)c2ccccc2C1C(C)(C)C. The average Bonchev–Trinajstić information content (AvgIpc) is 2.52. The van der Waals surface area contributed by atoms with Gasteiger partial charge in [0.05, 0.1) is 6.04 Å². The number of hydrogen-bond acceptors (Lipinski definition) is 2. The maximum Gasteiger partial charge on any atom is 0.269 e. The summed E-state index contributed by atoms with van der Waals surface area (Å²) < 4.78 is 0. The van der Waals surface area contributed by atoms with Crippen molar-refractivity contribution in [3.63, 3.8) is 0 Å². The molecule has 1 heterocycles. The van der Waals surface area contributed by atoms with Gasteiger partial charge in [-0.05, 0) is 17.0 Å². The molecule has 0 radical (unpaired) electrons. The Kier molecular flexibility index (Phi) is 2.74. The molecule has 1 atom stereocenters. The fraction of sp³-hybridized carbons (Fsp3) is 0.500. The highest BCUT2D eigenvalue weighted by Gasteiger charge is 2.43. The second kappa shape index (κ2) is 3.84. The molecule has 92 valence electrons. The van der Waals surface area contributed by atoms with E-state index >= 15 is 0 Å². The van der Waals surface area contributed by atoms with Crippen LogP contribution in [0.5, 0.6) is 0 Å². The highest BCUT2D eigenvalue weighted by molar-refractivity contribution is 5.98. The van der Waals surface area contributed by atoms with Crippen molar-refractivity contribution in [3.8, 4) is 0 Å². The molecule has 1 aliphatic rings. The van der Waals surface area contributed by atoms with Crippen LogP contribution in [0, 0.1) is 5.41 Å². The molecule has 1 aliphatic heterocycles. The summed E-state index contributed by atoms with van der Waals surface area (Å²) >= 11 is 0. The summed E-state index contributed by atoms with van der Waals surface area (Å²) in [4.78, 5) is 12.4. The van der Waals surface area contributed by atoms with Gasteiger partial charge in [0.1, 0.15) is 0 Å². The minimum Gasteiger partial charge on any atom is -0.268 e. The van der Waals surface area contributed by atoms with Gasteiger partial charge in [-0.15, -0.1) is 0 Å². The normalized spacial score (nSPS) is 20.0. The molecule has 0 fully saturated rings. The van der Waals surface area contributed by atoms with E-state index in [9.17, 15) is 4.79 Å². The quantitative estimate of drug-likeness (QED) is 0.743. The summed E-state index contributed by atoms with van der Waals surface area (Å²) in [6, 6.07) is 8.02. The molecule has 17 heavy (non-hydrogen) atoms. The molecular weight excluding hydrogens is 212 g/mol. The van der Waals surface area contributed by atoms with Crippen LogP contribution in [-0.2, 0) is 0 Å². The second-order valence-corrected chi connectivity index (χ2v) is 5.85. The Morgan fingerprint density at radius 2 is 1.76 bits per heavy atom. The summed E-state index contributed by atoms with van der Waals surface area (Å²) in [6.07, 6.45) is 0. The molecule has 1 unspecified atom stereocenters. The van der Waals surface area contributed by atoms with Gasteiger partial charge in [-0.3, -0.25) is 9.80 Å². The molecule has 0 N–H and O–H groups in total. The Morgan fingerprint density at radius 1 is 1.18 bits per heavy atom. The van der Waals surface area contributed by atoms with Gasteiger partial charge in [-0.25, -0.2) is 5.01 Å². The van der Waals surface area contributed by atoms with Crippen LogP contribution < -0.4 is 0 Å². The molecule has 3 nitrogen and oxygen atoms in total. The van der Waals surface area contributed by atoms with Crippen molar-refractivity contribution in [2.75, 3.05) is 14.1 Å². The standard InChI is InChI=1S/C14H20N2O/c1-14(2,3)12-10-8-6-7-9-11(10)13(17)16(12)15(4)5/h6-9,12H,1-5H3. The number of carbonyl (C=O) groups is 1. The number of rotatable bonds is 1. The maximum absolute atomic E-state index is 12.4. The highest BCUT2D eigenvalue weighted by Crippen LogP contribution is 2.44. The predicted molar refractivity (Wildman–Crippen MR) is 68.5 cm³/mol. The molecule has 0 aliphatic carbocycles. The lowest BCUT2D eigenvalue weighted by Crippen LogP contribution is -2.44. The molecule has 3 heteroatoms. The molecule has 1 aromatic carbocycles. The number of hydrazine groups is 1. The Balaban J connectivity index is 2.58. The lowest BCUT2D eigenvalue weighted by Gasteiger charge is -2.38. The maximum atomic E-state index is 12.4. The summed E-state index contributed by atoms with van der Waals surface area (Å²) in [5.74, 6) is 0.102. The Morgan fingerprint density at radius 3 is 2.29 bits per heavy atom. The van der Waals surface area contributed by atoms with Crippen molar-refractivity contribution in [3.05, 3.63) is 35.4 Å². The molecule has 0 saturated carbocycles. The van der Waals surface area contributed by atoms with Crippen LogP contribution in [0.4, 0.5) is 0 Å². The van der Waals surface area contributed by atoms with Crippen LogP contribution >= 0.6 is 0 Å². The predicted octanol–water partition coefficient (Wildman–Crippen LogP) is 2.71. The van der Waals surface area contributed by atoms with Gasteiger partial charge >= 0.3 is 0 Å². The third-order valence-electron chi connectivity index (χ3n) is 3.19. The van der Waals surface area contributed by atoms with Crippen molar-refractivity contribution >= 4 is 5.91 Å². The second-order valence-electron chi connectivity index (χ2n) is 5.85. The van der Waals surface area contributed by atoms with Crippen LogP contribution in [0.3, 0.4) is 0 Å². The van der Waals surface area contributed by atoms with E-state index in [-0.39, 0.29) is 17.4 Å². The van der Waals surface area contributed by atoms with E-state index in [0.717, 1.165) is 11.1 Å². The van der Waals surface area contributed by atoms with Crippen LogP contribution in [0.25, 0.3) is 0 Å². The zero-order chi connectivity index (χ0) is 12.8. The first-order valence-electron chi connectivity index (χ1n) is 5.94. The largest absolute Gasteiger partial charge is 0.269 e. The molecular formula is C14H20N2O. The van der Waals surface area contributed by atoms with Crippen LogP contribution in [0.2, 0.25) is 0 Å². The lowest BCUT2D eigenvalue weighted by atomic mass is 9.83. The minimum atomic E-state index is 0.0204. The number of amides is 1. The highest BCUT2D eigenvalue weighted by atomic mass is 16.2. The number of nitrogens with zero attached hydrogens (tertiary/aromatic N) is 2. The molecule has 0 saturated heterocycles. The number of carbonyl (C=O) groups excluding carboxylic acids is 1. The van der Waals surface area contributed by atoms with E-state index in [4.69, 9.17) is 0 Å². The monoisotopic (exact) mass is 232 g/mol. The van der Waals surface area contributed by atoms with Crippen LogP contribution in [-0.4, -0.2) is 30.0 Å². The van der Waals surface area contributed by atoms with E-state index in [1.165, 1.54) is 0 Å². The van der Waals surface area contributed by atoms with Gasteiger partial charge in [0.15, 0.2) is 0 Å². The first-order chi connectivity index (χ1) is 7.84. The zero-order valence-corrected chi connectivity index (χ0v) is 11.2. The first-order valence-corrected chi connectivity index (χ1v) is 5.94. The van der Waals surface area contributed by atoms with Crippen molar-refractivity contribution in [1.82, 2.24) is 10.0 Å². The fourth-order valence-electron chi connectivity index (χ4n) is 2.55. The Hall–Kier alpha value is -1.35. The summed E-state index contributed by atoms with van der Waals surface area (Å²) in [6.45, 7) is 6.51. The van der Waals surface area contributed by atoms with E-state index in [1.807, 2.05) is 42.3 Å². The van der Waals surface area contributed by atoms with Gasteiger partial charge in [0.2, 0.25) is 0 Å². The first kappa shape index (κ1) is 12.1. The van der Waals surface area contributed by atoms with E-state index in [1.54, 1.807) is 0 Å². The molecule has 2 rings (SSSR count). The third kappa shape index (κ3) is 1.84. The van der Waals surface area contributed by atoms with E-state index < -0.39 is 0 Å². The third-order valence-corrected chi connectivity index (χ3v) is 3.19. The number of benzene rings is 1. The van der Waals surface area contributed by atoms with Crippen LogP contribution in [0.1, 0.15) is 42.7 Å². The molecule has 0 bridgehead atoms. The number of hydrogen-bond donors (Lipinski definition) is 0. The zero-order valence-electron chi connectivity index (χ0n) is 11.2. The Bertz CT molecular complexity index is 446. The molecule has 1 aromatic rings. The van der Waals surface area contributed by atoms with Crippen molar-refractivity contribution in [2.24, 2.45) is 5.41 Å². The van der Waals surface area contributed by atoms with Gasteiger partial charge in [0, 0.05) is 19.7 Å². The van der Waals surface area contributed by atoms with E-state index in [2.05, 4.69) is 26.8 Å². The molecule has 0 spiro atoms. The topological polar surface area (TPSA) is 23.6 Å². The van der Waals surface area contributed by atoms with Crippen molar-refractivity contribution in [2.45, 2.75) is 26.8 Å². The van der Waals surface area contributed by atoms with Gasteiger partial charge in [0.25, 0.3) is 5.91 Å². The summed E-state index contributed by atoms with van der Waals surface area (Å²) in [5, 5.41) is 3.74. The summed E-state index contributed by atoms with van der Waals surface area (Å²) in [5.41, 5.74) is 1.99. The minimum absolute atomic E-state index is 0.0204. The number of fused-ring (bicyclic) bond motifs is 1. The van der Waals surface area contributed by atoms with Crippen molar-refractivity contribution < 1.29 is 4.79 Å². The fourth-order valence-corrected chi connectivity index (χ4v) is 2.55. The molecule has 1 amide bonds. The van der Waals surface area contributed by atoms with Gasteiger partial charge in [-0.1, -0.05) is 39.0 Å².